The van der Waals surface area contributed by atoms with Gasteiger partial charge in [-0.2, -0.15) is 5.10 Å². The molecule has 1 aromatic heterocycles. The fourth-order valence-corrected chi connectivity index (χ4v) is 2.55. The highest BCUT2D eigenvalue weighted by molar-refractivity contribution is 5.27. The lowest BCUT2D eigenvalue weighted by atomic mass is 10.0. The molecule has 0 aliphatic rings. The molecule has 0 aliphatic carbocycles. The maximum absolute atomic E-state index is 13.6. The Morgan fingerprint density at radius 1 is 1.29 bits per heavy atom. The van der Waals surface area contributed by atoms with E-state index in [1.165, 1.54) is 0 Å². The van der Waals surface area contributed by atoms with E-state index in [1.807, 2.05) is 17.7 Å². The zero-order valence-corrected chi connectivity index (χ0v) is 12.9. The van der Waals surface area contributed by atoms with Crippen molar-refractivity contribution in [2.24, 2.45) is 0 Å². The number of halogens is 1. The second-order valence-electron chi connectivity index (χ2n) is 5.28. The average molecular weight is 290 g/mol. The number of nitrogens with one attached hydrogen (secondary N) is 1. The van der Waals surface area contributed by atoms with Gasteiger partial charge in [-0.3, -0.25) is 4.68 Å². The quantitative estimate of drug-likeness (QED) is 0.852. The van der Waals surface area contributed by atoms with Crippen molar-refractivity contribution in [3.05, 3.63) is 47.3 Å². The molecule has 0 amide bonds. The number of hydrogen-bond acceptors (Lipinski definition) is 3. The van der Waals surface area contributed by atoms with Gasteiger partial charge in [-0.1, -0.05) is 19.9 Å². The standard InChI is InChI=1S/C16H23FN4/c1-4-6-21-16(19-11-20-21)10-15(18-5-2)13-7-12(3)8-14(17)9-13/h7-9,11,15,18H,4-6,10H2,1-3H3. The Bertz CT molecular complexity index is 559. The van der Waals surface area contributed by atoms with Gasteiger partial charge in [-0.15, -0.1) is 0 Å². The van der Waals surface area contributed by atoms with E-state index < -0.39 is 0 Å². The summed E-state index contributed by atoms with van der Waals surface area (Å²) in [6, 6.07) is 5.22. The molecule has 0 spiro atoms. The summed E-state index contributed by atoms with van der Waals surface area (Å²) in [5.74, 6) is 0.743. The first kappa shape index (κ1) is 15.6. The molecule has 0 saturated heterocycles. The molecule has 0 saturated carbocycles. The third-order valence-electron chi connectivity index (χ3n) is 3.44. The summed E-state index contributed by atoms with van der Waals surface area (Å²) in [5, 5.41) is 7.66. The van der Waals surface area contributed by atoms with Crippen LogP contribution in [0.25, 0.3) is 0 Å². The van der Waals surface area contributed by atoms with E-state index in [-0.39, 0.29) is 11.9 Å². The molecule has 0 aliphatic heterocycles. The molecule has 1 unspecified atom stereocenters. The van der Waals surface area contributed by atoms with Gasteiger partial charge in [0.25, 0.3) is 0 Å². The van der Waals surface area contributed by atoms with Crippen LogP contribution in [0.2, 0.25) is 0 Å². The highest BCUT2D eigenvalue weighted by Gasteiger charge is 2.16. The third-order valence-corrected chi connectivity index (χ3v) is 3.44. The van der Waals surface area contributed by atoms with Crippen LogP contribution in [0.4, 0.5) is 4.39 Å². The number of aryl methyl sites for hydroxylation is 2. The number of rotatable bonds is 7. The maximum Gasteiger partial charge on any atom is 0.138 e. The van der Waals surface area contributed by atoms with Gasteiger partial charge < -0.3 is 5.32 Å². The van der Waals surface area contributed by atoms with Crippen LogP contribution in [-0.2, 0) is 13.0 Å². The van der Waals surface area contributed by atoms with Crippen LogP contribution < -0.4 is 5.32 Å². The summed E-state index contributed by atoms with van der Waals surface area (Å²) < 4.78 is 15.6. The number of likely N-dealkylation sites (N-methyl/N-ethyl adjacent to an activating group) is 1. The molecule has 1 aromatic carbocycles. The van der Waals surface area contributed by atoms with Crippen molar-refractivity contribution in [1.29, 1.82) is 0 Å². The van der Waals surface area contributed by atoms with Gasteiger partial charge in [-0.05, 0) is 43.1 Å². The van der Waals surface area contributed by atoms with Gasteiger partial charge in [0.2, 0.25) is 0 Å². The molecule has 5 heteroatoms. The van der Waals surface area contributed by atoms with E-state index in [2.05, 4.69) is 29.2 Å². The van der Waals surface area contributed by atoms with Gasteiger partial charge in [0, 0.05) is 19.0 Å². The minimum Gasteiger partial charge on any atom is -0.310 e. The molecular formula is C16H23FN4. The van der Waals surface area contributed by atoms with Crippen molar-refractivity contribution >= 4 is 0 Å². The Balaban J connectivity index is 2.24. The Morgan fingerprint density at radius 3 is 2.76 bits per heavy atom. The van der Waals surface area contributed by atoms with E-state index in [9.17, 15) is 4.39 Å². The predicted molar refractivity (Wildman–Crippen MR) is 81.6 cm³/mol. The van der Waals surface area contributed by atoms with Gasteiger partial charge in [0.15, 0.2) is 0 Å². The van der Waals surface area contributed by atoms with E-state index in [1.54, 1.807) is 18.5 Å². The van der Waals surface area contributed by atoms with E-state index in [0.29, 0.717) is 6.42 Å². The van der Waals surface area contributed by atoms with Crippen molar-refractivity contribution in [3.63, 3.8) is 0 Å². The van der Waals surface area contributed by atoms with Crippen LogP contribution in [0.15, 0.2) is 24.5 Å². The van der Waals surface area contributed by atoms with Crippen molar-refractivity contribution in [3.8, 4) is 0 Å². The number of aromatic nitrogens is 3. The van der Waals surface area contributed by atoms with E-state index in [4.69, 9.17) is 0 Å². The molecule has 0 fully saturated rings. The lowest BCUT2D eigenvalue weighted by molar-refractivity contribution is 0.496. The second kappa shape index (κ2) is 7.31. The predicted octanol–water partition coefficient (Wildman–Crippen LogP) is 3.03. The van der Waals surface area contributed by atoms with Crippen LogP contribution in [-0.4, -0.2) is 21.3 Å². The Morgan fingerprint density at radius 2 is 2.10 bits per heavy atom. The minimum atomic E-state index is -0.192. The van der Waals surface area contributed by atoms with Crippen molar-refractivity contribution in [2.45, 2.75) is 46.2 Å². The Hall–Kier alpha value is -1.75. The SMILES string of the molecule is CCCn1ncnc1CC(NCC)c1cc(C)cc(F)c1. The smallest absolute Gasteiger partial charge is 0.138 e. The van der Waals surface area contributed by atoms with Gasteiger partial charge in [-0.25, -0.2) is 9.37 Å². The van der Waals surface area contributed by atoms with Crippen LogP contribution in [0.5, 0.6) is 0 Å². The highest BCUT2D eigenvalue weighted by Crippen LogP contribution is 2.20. The zero-order chi connectivity index (χ0) is 15.2. The molecule has 0 bridgehead atoms. The topological polar surface area (TPSA) is 42.7 Å². The molecule has 21 heavy (non-hydrogen) atoms. The molecule has 1 N–H and O–H groups in total. The highest BCUT2D eigenvalue weighted by atomic mass is 19.1. The van der Waals surface area contributed by atoms with Crippen LogP contribution in [0.3, 0.4) is 0 Å². The summed E-state index contributed by atoms with van der Waals surface area (Å²) in [7, 11) is 0. The average Bonchev–Trinajstić information content (AvgIpc) is 2.85. The first-order valence-electron chi connectivity index (χ1n) is 7.51. The monoisotopic (exact) mass is 290 g/mol. The fourth-order valence-electron chi connectivity index (χ4n) is 2.55. The minimum absolute atomic E-state index is 0.0456. The first-order valence-corrected chi connectivity index (χ1v) is 7.51. The molecule has 0 radical (unpaired) electrons. The number of hydrogen-bond donors (Lipinski definition) is 1. The fraction of sp³-hybridized carbons (Fsp3) is 0.500. The lowest BCUT2D eigenvalue weighted by Gasteiger charge is -2.19. The van der Waals surface area contributed by atoms with Crippen molar-refractivity contribution < 1.29 is 4.39 Å². The lowest BCUT2D eigenvalue weighted by Crippen LogP contribution is -2.25. The van der Waals surface area contributed by atoms with Gasteiger partial charge >= 0.3 is 0 Å². The third kappa shape index (κ3) is 4.11. The molecule has 2 rings (SSSR count). The Kier molecular flexibility index (Phi) is 5.44. The summed E-state index contributed by atoms with van der Waals surface area (Å²) in [5.41, 5.74) is 1.89. The summed E-state index contributed by atoms with van der Waals surface area (Å²) in [6.07, 6.45) is 3.31. The summed E-state index contributed by atoms with van der Waals surface area (Å²) >= 11 is 0. The largest absolute Gasteiger partial charge is 0.310 e. The molecule has 114 valence electrons. The molecular weight excluding hydrogens is 267 g/mol. The van der Waals surface area contributed by atoms with Crippen molar-refractivity contribution in [2.75, 3.05) is 6.54 Å². The Labute approximate surface area is 125 Å². The van der Waals surface area contributed by atoms with Crippen LogP contribution in [0.1, 0.15) is 43.3 Å². The number of nitrogens with zero attached hydrogens (tertiary/aromatic N) is 3. The molecule has 1 atom stereocenters. The normalized spacial score (nSPS) is 12.6. The first-order chi connectivity index (χ1) is 10.1. The van der Waals surface area contributed by atoms with Crippen LogP contribution >= 0.6 is 0 Å². The molecule has 4 nitrogen and oxygen atoms in total. The molecule has 2 aromatic rings. The number of benzene rings is 1. The van der Waals surface area contributed by atoms with E-state index >= 15 is 0 Å². The van der Waals surface area contributed by atoms with E-state index in [0.717, 1.165) is 36.5 Å². The summed E-state index contributed by atoms with van der Waals surface area (Å²) in [6.45, 7) is 7.76. The van der Waals surface area contributed by atoms with Crippen molar-refractivity contribution in [1.82, 2.24) is 20.1 Å². The van der Waals surface area contributed by atoms with Crippen LogP contribution in [0, 0.1) is 12.7 Å². The second-order valence-corrected chi connectivity index (χ2v) is 5.28. The summed E-state index contributed by atoms with van der Waals surface area (Å²) in [4.78, 5) is 4.35. The van der Waals surface area contributed by atoms with Gasteiger partial charge in [0.1, 0.15) is 18.0 Å². The zero-order valence-electron chi connectivity index (χ0n) is 12.9. The molecule has 1 heterocycles. The van der Waals surface area contributed by atoms with Gasteiger partial charge in [0.05, 0.1) is 0 Å². The maximum atomic E-state index is 13.6.